The number of sulfonamides is 1. The zero-order valence-electron chi connectivity index (χ0n) is 17.1. The molecular weight excluding hydrogens is 470 g/mol. The third-order valence-corrected chi connectivity index (χ3v) is 6.90. The molecule has 0 amide bonds. The van der Waals surface area contributed by atoms with Gasteiger partial charge in [-0.05, 0) is 30.3 Å². The predicted octanol–water partition coefficient (Wildman–Crippen LogP) is 2.81. The molecule has 33 heavy (non-hydrogen) atoms. The van der Waals surface area contributed by atoms with Crippen LogP contribution in [0.3, 0.4) is 0 Å². The van der Waals surface area contributed by atoms with Crippen molar-refractivity contribution in [3.05, 3.63) is 48.2 Å². The Balaban J connectivity index is 1.45. The molecule has 0 unspecified atom stereocenters. The summed E-state index contributed by atoms with van der Waals surface area (Å²) in [6, 6.07) is 6.35. The number of nitrogens with zero attached hydrogens (tertiary/aromatic N) is 5. The lowest BCUT2D eigenvalue weighted by Gasteiger charge is -2.34. The molecular formula is C19H17F4N5O4S. The summed E-state index contributed by atoms with van der Waals surface area (Å²) in [6.45, 7) is 0.823. The average Bonchev–Trinajstić information content (AvgIpc) is 3.30. The number of methoxy groups -OCH3 is 1. The summed E-state index contributed by atoms with van der Waals surface area (Å²) in [5, 5.41) is 3.31. The van der Waals surface area contributed by atoms with Crippen molar-refractivity contribution in [2.24, 2.45) is 0 Å². The number of piperazine rings is 1. The van der Waals surface area contributed by atoms with Gasteiger partial charge in [-0.3, -0.25) is 0 Å². The van der Waals surface area contributed by atoms with E-state index in [0.29, 0.717) is 18.9 Å². The fourth-order valence-corrected chi connectivity index (χ4v) is 4.90. The molecule has 0 aliphatic carbocycles. The van der Waals surface area contributed by atoms with E-state index in [9.17, 15) is 26.0 Å². The highest BCUT2D eigenvalue weighted by molar-refractivity contribution is 7.89. The smallest absolute Gasteiger partial charge is 0.471 e. The molecule has 1 fully saturated rings. The molecule has 0 bridgehead atoms. The molecule has 1 saturated heterocycles. The van der Waals surface area contributed by atoms with Gasteiger partial charge in [0.15, 0.2) is 0 Å². The van der Waals surface area contributed by atoms with Crippen molar-refractivity contribution in [2.45, 2.75) is 11.1 Å². The number of alkyl halides is 3. The molecule has 2 aromatic heterocycles. The van der Waals surface area contributed by atoms with Gasteiger partial charge in [0.2, 0.25) is 15.8 Å². The SMILES string of the molecule is COc1ccc(F)cc1S(=O)(=O)N1CCN(c2ccc(-c3noc(C(F)(F)F)n3)cn2)CC1. The minimum atomic E-state index is -4.74. The Morgan fingerprint density at radius 2 is 1.82 bits per heavy atom. The Kier molecular flexibility index (Phi) is 5.97. The van der Waals surface area contributed by atoms with Crippen LogP contribution in [0.4, 0.5) is 23.4 Å². The normalized spacial score (nSPS) is 15.6. The van der Waals surface area contributed by atoms with Gasteiger partial charge in [0, 0.05) is 37.9 Å². The minimum absolute atomic E-state index is 0.0474. The Hall–Kier alpha value is -3.26. The number of ether oxygens (including phenoxy) is 1. The Morgan fingerprint density at radius 3 is 2.39 bits per heavy atom. The summed E-state index contributed by atoms with van der Waals surface area (Å²) in [7, 11) is -2.68. The maximum Gasteiger partial charge on any atom is 0.471 e. The van der Waals surface area contributed by atoms with Crippen LogP contribution in [-0.4, -0.2) is 61.1 Å². The van der Waals surface area contributed by atoms with E-state index in [1.165, 1.54) is 29.7 Å². The molecule has 9 nitrogen and oxygen atoms in total. The number of rotatable bonds is 5. The second-order valence-electron chi connectivity index (χ2n) is 7.01. The molecule has 176 valence electrons. The summed E-state index contributed by atoms with van der Waals surface area (Å²) < 4.78 is 88.0. The highest BCUT2D eigenvalue weighted by atomic mass is 32.2. The summed E-state index contributed by atoms with van der Waals surface area (Å²) in [6.07, 6.45) is -3.44. The van der Waals surface area contributed by atoms with Gasteiger partial charge < -0.3 is 14.2 Å². The fraction of sp³-hybridized carbons (Fsp3) is 0.316. The quantitative estimate of drug-likeness (QED) is 0.507. The Labute approximate surface area is 185 Å². The van der Waals surface area contributed by atoms with Crippen LogP contribution in [0.5, 0.6) is 5.75 Å². The Bertz CT molecular complexity index is 1240. The van der Waals surface area contributed by atoms with Crippen LogP contribution in [0.2, 0.25) is 0 Å². The van der Waals surface area contributed by atoms with Crippen molar-refractivity contribution in [3.8, 4) is 17.1 Å². The van der Waals surface area contributed by atoms with Gasteiger partial charge in [0.25, 0.3) is 0 Å². The van der Waals surface area contributed by atoms with Crippen LogP contribution >= 0.6 is 0 Å². The van der Waals surface area contributed by atoms with Crippen molar-refractivity contribution in [2.75, 3.05) is 38.2 Å². The molecule has 0 spiro atoms. The summed E-state index contributed by atoms with van der Waals surface area (Å²) in [5.41, 5.74) is 0.234. The van der Waals surface area contributed by atoms with E-state index in [1.807, 2.05) is 4.90 Å². The van der Waals surface area contributed by atoms with Gasteiger partial charge in [0.05, 0.1) is 7.11 Å². The van der Waals surface area contributed by atoms with E-state index < -0.39 is 27.9 Å². The molecule has 0 atom stereocenters. The molecule has 1 aliphatic heterocycles. The zero-order valence-corrected chi connectivity index (χ0v) is 17.9. The van der Waals surface area contributed by atoms with E-state index >= 15 is 0 Å². The maximum atomic E-state index is 13.7. The van der Waals surface area contributed by atoms with Crippen LogP contribution in [0, 0.1) is 5.82 Å². The number of aromatic nitrogens is 3. The predicted molar refractivity (Wildman–Crippen MR) is 106 cm³/mol. The summed E-state index contributed by atoms with van der Waals surface area (Å²) in [4.78, 5) is 9.10. The zero-order chi connectivity index (χ0) is 23.8. The van der Waals surface area contributed by atoms with E-state index in [4.69, 9.17) is 4.74 Å². The van der Waals surface area contributed by atoms with Crippen molar-refractivity contribution >= 4 is 15.8 Å². The van der Waals surface area contributed by atoms with Gasteiger partial charge in [-0.2, -0.15) is 22.5 Å². The lowest BCUT2D eigenvalue weighted by atomic mass is 10.2. The van der Waals surface area contributed by atoms with Crippen molar-refractivity contribution < 1.29 is 35.2 Å². The van der Waals surface area contributed by atoms with Crippen LogP contribution < -0.4 is 9.64 Å². The van der Waals surface area contributed by atoms with Crippen LogP contribution in [0.1, 0.15) is 5.89 Å². The van der Waals surface area contributed by atoms with Gasteiger partial charge in [-0.25, -0.2) is 17.8 Å². The molecule has 0 N–H and O–H groups in total. The first-order valence-corrected chi connectivity index (χ1v) is 11.0. The summed E-state index contributed by atoms with van der Waals surface area (Å²) in [5.74, 6) is -1.85. The first-order chi connectivity index (χ1) is 15.6. The molecule has 14 heteroatoms. The molecule has 3 heterocycles. The van der Waals surface area contributed by atoms with E-state index in [1.54, 1.807) is 6.07 Å². The first-order valence-electron chi connectivity index (χ1n) is 9.55. The number of hydrogen-bond donors (Lipinski definition) is 0. The van der Waals surface area contributed by atoms with Crippen molar-refractivity contribution in [3.63, 3.8) is 0 Å². The standard InChI is InChI=1S/C19H17F4N5O4S/c1-31-14-4-3-13(20)10-15(14)33(29,30)28-8-6-27(7-9-28)16-5-2-12(11-24-16)17-25-18(32-26-17)19(21,22)23/h2-5,10-11H,6-9H2,1H3. The van der Waals surface area contributed by atoms with E-state index in [2.05, 4.69) is 19.6 Å². The second kappa shape index (κ2) is 8.59. The Morgan fingerprint density at radius 1 is 1.09 bits per heavy atom. The van der Waals surface area contributed by atoms with Crippen molar-refractivity contribution in [1.82, 2.24) is 19.4 Å². The first kappa shape index (κ1) is 22.9. The maximum absolute atomic E-state index is 13.7. The lowest BCUT2D eigenvalue weighted by Crippen LogP contribution is -2.49. The molecule has 1 aliphatic rings. The van der Waals surface area contributed by atoms with E-state index in [-0.39, 0.29) is 35.1 Å². The molecule has 1 aromatic carbocycles. The number of anilines is 1. The molecule has 0 saturated carbocycles. The van der Waals surface area contributed by atoms with Gasteiger partial charge in [0.1, 0.15) is 22.3 Å². The van der Waals surface area contributed by atoms with Gasteiger partial charge in [-0.1, -0.05) is 5.16 Å². The third kappa shape index (κ3) is 4.61. The topological polar surface area (TPSA) is 102 Å². The van der Waals surface area contributed by atoms with Crippen molar-refractivity contribution in [1.29, 1.82) is 0 Å². The molecule has 0 radical (unpaired) electrons. The van der Waals surface area contributed by atoms with Gasteiger partial charge >= 0.3 is 12.1 Å². The van der Waals surface area contributed by atoms with Crippen LogP contribution in [0.25, 0.3) is 11.4 Å². The highest BCUT2D eigenvalue weighted by Gasteiger charge is 2.38. The monoisotopic (exact) mass is 487 g/mol. The van der Waals surface area contributed by atoms with Crippen LogP contribution in [-0.2, 0) is 16.2 Å². The average molecular weight is 487 g/mol. The van der Waals surface area contributed by atoms with E-state index in [0.717, 1.165) is 12.1 Å². The number of benzene rings is 1. The number of pyridine rings is 1. The highest BCUT2D eigenvalue weighted by Crippen LogP contribution is 2.30. The lowest BCUT2D eigenvalue weighted by molar-refractivity contribution is -0.159. The largest absolute Gasteiger partial charge is 0.495 e. The summed E-state index contributed by atoms with van der Waals surface area (Å²) >= 11 is 0. The molecule has 4 rings (SSSR count). The number of halogens is 4. The van der Waals surface area contributed by atoms with Crippen LogP contribution in [0.15, 0.2) is 45.9 Å². The molecule has 3 aromatic rings. The second-order valence-corrected chi connectivity index (χ2v) is 8.92. The number of hydrogen-bond acceptors (Lipinski definition) is 8. The minimum Gasteiger partial charge on any atom is -0.495 e. The van der Waals surface area contributed by atoms with Gasteiger partial charge in [-0.15, -0.1) is 0 Å². The third-order valence-electron chi connectivity index (χ3n) is 4.98. The fourth-order valence-electron chi connectivity index (χ4n) is 3.31.